The lowest BCUT2D eigenvalue weighted by Gasteiger charge is -2.15. The maximum atomic E-state index is 12.9. The van der Waals surface area contributed by atoms with Crippen LogP contribution in [0, 0.1) is 5.82 Å². The Morgan fingerprint density at radius 3 is 2.40 bits per heavy atom. The Morgan fingerprint density at radius 1 is 1.20 bits per heavy atom. The lowest BCUT2D eigenvalue weighted by molar-refractivity contribution is 0.600. The Kier molecular flexibility index (Phi) is 3.69. The Bertz CT molecular complexity index is 734. The molecule has 1 unspecified atom stereocenters. The maximum absolute atomic E-state index is 12.9. The lowest BCUT2D eigenvalue weighted by Crippen LogP contribution is -2.40. The van der Waals surface area contributed by atoms with Crippen LogP contribution in [0.25, 0.3) is 0 Å². The van der Waals surface area contributed by atoms with Crippen LogP contribution in [0.15, 0.2) is 33.9 Å². The number of anilines is 1. The third-order valence-corrected chi connectivity index (χ3v) is 3.04. The average molecular weight is 278 g/mol. The summed E-state index contributed by atoms with van der Waals surface area (Å²) in [5.74, 6) is -0.247. The van der Waals surface area contributed by atoms with E-state index in [9.17, 15) is 14.0 Å². The minimum atomic E-state index is -0.498. The summed E-state index contributed by atoms with van der Waals surface area (Å²) in [6, 6.07) is 5.70. The van der Waals surface area contributed by atoms with E-state index in [1.165, 1.54) is 26.2 Å². The monoisotopic (exact) mass is 278 g/mol. The van der Waals surface area contributed by atoms with Gasteiger partial charge in [0, 0.05) is 14.1 Å². The highest BCUT2D eigenvalue weighted by molar-refractivity contribution is 5.35. The van der Waals surface area contributed by atoms with Crippen molar-refractivity contribution >= 4 is 5.82 Å². The molecular formula is C13H15FN4O2. The van der Waals surface area contributed by atoms with Crippen molar-refractivity contribution in [3.8, 4) is 0 Å². The normalized spacial score (nSPS) is 12.2. The van der Waals surface area contributed by atoms with Crippen LogP contribution in [-0.4, -0.2) is 14.3 Å². The van der Waals surface area contributed by atoms with Gasteiger partial charge < -0.3 is 5.32 Å². The van der Waals surface area contributed by atoms with Crippen molar-refractivity contribution in [2.24, 2.45) is 14.1 Å². The summed E-state index contributed by atoms with van der Waals surface area (Å²) in [6.07, 6.45) is 0. The SMILES string of the molecule is CC(Nc1nn(C)c(=O)n(C)c1=O)c1ccc(F)cc1. The minimum Gasteiger partial charge on any atom is -0.358 e. The van der Waals surface area contributed by atoms with E-state index in [1.807, 2.05) is 6.92 Å². The molecule has 1 atom stereocenters. The number of hydrogen-bond acceptors (Lipinski definition) is 4. The van der Waals surface area contributed by atoms with Crippen LogP contribution >= 0.6 is 0 Å². The van der Waals surface area contributed by atoms with E-state index in [2.05, 4.69) is 10.4 Å². The molecule has 20 heavy (non-hydrogen) atoms. The fourth-order valence-corrected chi connectivity index (χ4v) is 1.83. The molecule has 0 spiro atoms. The van der Waals surface area contributed by atoms with E-state index in [0.29, 0.717) is 0 Å². The van der Waals surface area contributed by atoms with Gasteiger partial charge in [-0.3, -0.25) is 9.36 Å². The number of hydrogen-bond donors (Lipinski definition) is 1. The highest BCUT2D eigenvalue weighted by Crippen LogP contribution is 2.15. The van der Waals surface area contributed by atoms with Crippen LogP contribution < -0.4 is 16.6 Å². The standard InChI is InChI=1S/C13H15FN4O2/c1-8(9-4-6-10(14)7-5-9)15-11-12(19)17(2)13(20)18(3)16-11/h4-8H,1-3H3,(H,15,16). The van der Waals surface area contributed by atoms with Gasteiger partial charge in [-0.25, -0.2) is 13.9 Å². The second-order valence-corrected chi connectivity index (χ2v) is 4.54. The summed E-state index contributed by atoms with van der Waals surface area (Å²) in [5, 5.41) is 6.83. The molecule has 0 saturated heterocycles. The highest BCUT2D eigenvalue weighted by Gasteiger charge is 2.12. The van der Waals surface area contributed by atoms with Crippen molar-refractivity contribution < 1.29 is 4.39 Å². The summed E-state index contributed by atoms with van der Waals surface area (Å²) in [4.78, 5) is 23.5. The topological polar surface area (TPSA) is 68.9 Å². The zero-order valence-corrected chi connectivity index (χ0v) is 11.4. The van der Waals surface area contributed by atoms with Crippen LogP contribution in [0.5, 0.6) is 0 Å². The van der Waals surface area contributed by atoms with Crippen molar-refractivity contribution in [3.63, 3.8) is 0 Å². The van der Waals surface area contributed by atoms with Gasteiger partial charge in [0.25, 0.3) is 5.56 Å². The first kappa shape index (κ1) is 14.0. The van der Waals surface area contributed by atoms with Crippen molar-refractivity contribution in [1.29, 1.82) is 0 Å². The van der Waals surface area contributed by atoms with Gasteiger partial charge in [0.15, 0.2) is 0 Å². The van der Waals surface area contributed by atoms with Crippen LogP contribution in [0.1, 0.15) is 18.5 Å². The predicted octanol–water partition coefficient (Wildman–Crippen LogP) is 0.791. The van der Waals surface area contributed by atoms with E-state index in [0.717, 1.165) is 14.8 Å². The van der Waals surface area contributed by atoms with Crippen LogP contribution in [-0.2, 0) is 14.1 Å². The molecule has 0 aliphatic rings. The smallest absolute Gasteiger partial charge is 0.346 e. The summed E-state index contributed by atoms with van der Waals surface area (Å²) < 4.78 is 14.9. The zero-order valence-electron chi connectivity index (χ0n) is 11.4. The molecule has 0 aliphatic heterocycles. The predicted molar refractivity (Wildman–Crippen MR) is 73.2 cm³/mol. The van der Waals surface area contributed by atoms with Crippen LogP contribution in [0.2, 0.25) is 0 Å². The van der Waals surface area contributed by atoms with E-state index < -0.39 is 11.2 Å². The van der Waals surface area contributed by atoms with E-state index >= 15 is 0 Å². The lowest BCUT2D eigenvalue weighted by atomic mass is 10.1. The van der Waals surface area contributed by atoms with Gasteiger partial charge in [-0.2, -0.15) is 0 Å². The van der Waals surface area contributed by atoms with Gasteiger partial charge in [-0.05, 0) is 24.6 Å². The molecule has 0 aliphatic carbocycles. The second kappa shape index (κ2) is 5.28. The number of halogens is 1. The first-order valence-electron chi connectivity index (χ1n) is 6.06. The van der Waals surface area contributed by atoms with E-state index in [-0.39, 0.29) is 17.7 Å². The number of rotatable bonds is 3. The molecule has 0 fully saturated rings. The molecule has 0 amide bonds. The molecule has 106 valence electrons. The fraction of sp³-hybridized carbons (Fsp3) is 0.308. The van der Waals surface area contributed by atoms with Crippen molar-refractivity contribution in [2.45, 2.75) is 13.0 Å². The third kappa shape index (κ3) is 2.61. The molecule has 7 heteroatoms. The molecule has 6 nitrogen and oxygen atoms in total. The molecule has 1 heterocycles. The Balaban J connectivity index is 2.33. The van der Waals surface area contributed by atoms with Crippen molar-refractivity contribution in [3.05, 3.63) is 56.5 Å². The van der Waals surface area contributed by atoms with Gasteiger partial charge in [-0.1, -0.05) is 12.1 Å². The Morgan fingerprint density at radius 2 is 1.80 bits per heavy atom. The molecule has 1 aromatic heterocycles. The van der Waals surface area contributed by atoms with E-state index in [1.54, 1.807) is 12.1 Å². The number of aromatic nitrogens is 3. The minimum absolute atomic E-state index is 0.0754. The second-order valence-electron chi connectivity index (χ2n) is 4.54. The average Bonchev–Trinajstić information content (AvgIpc) is 2.43. The molecule has 2 aromatic rings. The largest absolute Gasteiger partial charge is 0.358 e. The number of nitrogens with one attached hydrogen (secondary N) is 1. The van der Waals surface area contributed by atoms with Crippen LogP contribution in [0.3, 0.4) is 0 Å². The first-order chi connectivity index (χ1) is 9.40. The quantitative estimate of drug-likeness (QED) is 0.901. The molecular weight excluding hydrogens is 263 g/mol. The number of aryl methyl sites for hydroxylation is 1. The van der Waals surface area contributed by atoms with Gasteiger partial charge in [0.1, 0.15) is 5.82 Å². The first-order valence-corrected chi connectivity index (χ1v) is 6.06. The summed E-state index contributed by atoms with van der Waals surface area (Å²) in [7, 11) is 2.86. The molecule has 0 radical (unpaired) electrons. The summed E-state index contributed by atoms with van der Waals surface area (Å²) in [5.41, 5.74) is -0.179. The molecule has 0 saturated carbocycles. The van der Waals surface area contributed by atoms with Crippen molar-refractivity contribution in [1.82, 2.24) is 14.3 Å². The molecule has 2 rings (SSSR count). The third-order valence-electron chi connectivity index (χ3n) is 3.04. The fourth-order valence-electron chi connectivity index (χ4n) is 1.83. The Hall–Kier alpha value is -2.44. The maximum Gasteiger partial charge on any atom is 0.346 e. The van der Waals surface area contributed by atoms with Gasteiger partial charge in [0.05, 0.1) is 6.04 Å². The summed E-state index contributed by atoms with van der Waals surface area (Å²) in [6.45, 7) is 1.82. The molecule has 1 aromatic carbocycles. The molecule has 1 N–H and O–H groups in total. The highest BCUT2D eigenvalue weighted by atomic mass is 19.1. The number of benzene rings is 1. The van der Waals surface area contributed by atoms with Crippen molar-refractivity contribution in [2.75, 3.05) is 5.32 Å². The molecule has 0 bridgehead atoms. The van der Waals surface area contributed by atoms with Gasteiger partial charge >= 0.3 is 5.69 Å². The number of nitrogens with zero attached hydrogens (tertiary/aromatic N) is 3. The van der Waals surface area contributed by atoms with Gasteiger partial charge in [-0.15, -0.1) is 5.10 Å². The van der Waals surface area contributed by atoms with Crippen LogP contribution in [0.4, 0.5) is 10.2 Å². The zero-order chi connectivity index (χ0) is 14.9. The Labute approximate surface area is 114 Å². The summed E-state index contributed by atoms with van der Waals surface area (Å²) >= 11 is 0. The van der Waals surface area contributed by atoms with E-state index in [4.69, 9.17) is 0 Å². The van der Waals surface area contributed by atoms with Gasteiger partial charge in [0.2, 0.25) is 5.82 Å².